The van der Waals surface area contributed by atoms with E-state index in [1.165, 1.54) is 19.1 Å². The topological polar surface area (TPSA) is 86.2 Å². The van der Waals surface area contributed by atoms with Gasteiger partial charge >= 0.3 is 0 Å². The molecule has 82 valence electrons. The molecule has 5 nitrogen and oxygen atoms in total. The van der Waals surface area contributed by atoms with Crippen molar-refractivity contribution in [2.75, 3.05) is 0 Å². The molecule has 1 aromatic rings. The Bertz CT molecular complexity index is 393. The van der Waals surface area contributed by atoms with Crippen LogP contribution in [0.5, 0.6) is 0 Å². The van der Waals surface area contributed by atoms with E-state index in [2.05, 4.69) is 0 Å². The quantitative estimate of drug-likeness (QED) is 0.486. The maximum atomic E-state index is 11.1. The summed E-state index contributed by atoms with van der Waals surface area (Å²) in [5.74, 6) is -0.327. The van der Waals surface area contributed by atoms with E-state index in [9.17, 15) is 14.9 Å². The number of hydrogen-bond donors (Lipinski definition) is 1. The lowest BCUT2D eigenvalue weighted by Gasteiger charge is -2.01. The molecule has 6 heteroatoms. The number of carbonyl (C=O) groups is 1. The summed E-state index contributed by atoms with van der Waals surface area (Å²) in [5.41, 5.74) is 6.01. The van der Waals surface area contributed by atoms with Gasteiger partial charge in [0.15, 0.2) is 5.78 Å². The number of ketones is 1. The third-order valence-electron chi connectivity index (χ3n) is 1.87. The molecule has 0 aliphatic carbocycles. The minimum atomic E-state index is -0.572. The molecular formula is C9H11ClN2O3. The fourth-order valence-electron chi connectivity index (χ4n) is 1.15. The first-order chi connectivity index (χ1) is 6.56. The van der Waals surface area contributed by atoms with Crippen molar-refractivity contribution in [3.05, 3.63) is 39.4 Å². The number of nitro benzene ring substituents is 1. The van der Waals surface area contributed by atoms with E-state index in [4.69, 9.17) is 5.73 Å². The van der Waals surface area contributed by atoms with Crippen LogP contribution in [0.15, 0.2) is 18.2 Å². The number of halogens is 1. The summed E-state index contributed by atoms with van der Waals surface area (Å²) in [6.45, 7) is 1.56. The largest absolute Gasteiger partial charge is 0.326 e. The van der Waals surface area contributed by atoms with Gasteiger partial charge < -0.3 is 5.73 Å². The highest BCUT2D eigenvalue weighted by atomic mass is 35.5. The second-order valence-corrected chi connectivity index (χ2v) is 2.87. The van der Waals surface area contributed by atoms with E-state index in [0.717, 1.165) is 0 Å². The van der Waals surface area contributed by atoms with Gasteiger partial charge in [-0.3, -0.25) is 14.9 Å². The van der Waals surface area contributed by atoms with Gasteiger partial charge in [0.05, 0.1) is 10.5 Å². The molecule has 1 aromatic carbocycles. The fourth-order valence-corrected chi connectivity index (χ4v) is 1.15. The van der Waals surface area contributed by atoms with Crippen LogP contribution in [0, 0.1) is 10.1 Å². The molecule has 0 fully saturated rings. The summed E-state index contributed by atoms with van der Waals surface area (Å²) in [6, 6.07) is 4.31. The van der Waals surface area contributed by atoms with Gasteiger partial charge in [-0.2, -0.15) is 0 Å². The number of benzene rings is 1. The zero-order valence-electron chi connectivity index (χ0n) is 8.10. The van der Waals surface area contributed by atoms with Crippen LogP contribution in [-0.2, 0) is 6.54 Å². The van der Waals surface area contributed by atoms with E-state index < -0.39 is 4.92 Å². The third kappa shape index (κ3) is 3.00. The minimum Gasteiger partial charge on any atom is -0.326 e. The number of nitro groups is 1. The van der Waals surface area contributed by atoms with Crippen LogP contribution in [0.1, 0.15) is 22.8 Å². The highest BCUT2D eigenvalue weighted by Crippen LogP contribution is 2.20. The zero-order chi connectivity index (χ0) is 10.7. The molecule has 1 rings (SSSR count). The zero-order valence-corrected chi connectivity index (χ0v) is 8.91. The molecule has 0 amide bonds. The van der Waals surface area contributed by atoms with Gasteiger partial charge in [0.1, 0.15) is 0 Å². The lowest BCUT2D eigenvalue weighted by Crippen LogP contribution is -2.03. The molecule has 0 aliphatic heterocycles. The molecule has 0 radical (unpaired) electrons. The van der Waals surface area contributed by atoms with Gasteiger partial charge in [0.2, 0.25) is 0 Å². The molecular weight excluding hydrogens is 220 g/mol. The Kier molecular flexibility index (Phi) is 4.90. The first-order valence-corrected chi connectivity index (χ1v) is 4.04. The van der Waals surface area contributed by atoms with Crippen LogP contribution in [0.2, 0.25) is 0 Å². The van der Waals surface area contributed by atoms with Crippen molar-refractivity contribution < 1.29 is 9.72 Å². The number of nitrogens with two attached hydrogens (primary N) is 1. The van der Waals surface area contributed by atoms with Crippen LogP contribution in [0.4, 0.5) is 5.69 Å². The van der Waals surface area contributed by atoms with Crippen LogP contribution < -0.4 is 5.73 Å². The average Bonchev–Trinajstić information content (AvgIpc) is 2.16. The highest BCUT2D eigenvalue weighted by Gasteiger charge is 2.16. The van der Waals surface area contributed by atoms with E-state index in [-0.39, 0.29) is 36.0 Å². The van der Waals surface area contributed by atoms with Crippen LogP contribution >= 0.6 is 12.4 Å². The van der Waals surface area contributed by atoms with Gasteiger partial charge in [0, 0.05) is 12.6 Å². The Morgan fingerprint density at radius 2 is 2.13 bits per heavy atom. The maximum Gasteiger partial charge on any atom is 0.280 e. The van der Waals surface area contributed by atoms with Gasteiger partial charge in [-0.05, 0) is 18.6 Å². The number of rotatable bonds is 3. The Morgan fingerprint density at radius 1 is 1.53 bits per heavy atom. The number of carbonyl (C=O) groups excluding carboxylic acids is 1. The monoisotopic (exact) mass is 230 g/mol. The summed E-state index contributed by atoms with van der Waals surface area (Å²) < 4.78 is 0. The number of hydrogen-bond acceptors (Lipinski definition) is 4. The normalized spacial score (nSPS) is 9.20. The Labute approximate surface area is 92.8 Å². The van der Waals surface area contributed by atoms with Gasteiger partial charge in [-0.15, -0.1) is 12.4 Å². The third-order valence-corrected chi connectivity index (χ3v) is 1.87. The predicted octanol–water partition coefficient (Wildman–Crippen LogP) is 1.68. The van der Waals surface area contributed by atoms with Crippen molar-refractivity contribution in [3.8, 4) is 0 Å². The van der Waals surface area contributed by atoms with Crippen molar-refractivity contribution in [1.82, 2.24) is 0 Å². The van der Waals surface area contributed by atoms with Crippen molar-refractivity contribution in [3.63, 3.8) is 0 Å². The van der Waals surface area contributed by atoms with Crippen LogP contribution in [0.25, 0.3) is 0 Å². The van der Waals surface area contributed by atoms with Crippen molar-refractivity contribution in [2.24, 2.45) is 5.73 Å². The highest BCUT2D eigenvalue weighted by molar-refractivity contribution is 5.98. The second kappa shape index (κ2) is 5.43. The van der Waals surface area contributed by atoms with Crippen molar-refractivity contribution >= 4 is 23.9 Å². The van der Waals surface area contributed by atoms with E-state index in [1.54, 1.807) is 6.07 Å². The number of nitrogens with zero attached hydrogens (tertiary/aromatic N) is 1. The molecule has 0 bridgehead atoms. The predicted molar refractivity (Wildman–Crippen MR) is 58.2 cm³/mol. The molecule has 0 unspecified atom stereocenters. The summed E-state index contributed by atoms with van der Waals surface area (Å²) in [4.78, 5) is 21.1. The van der Waals surface area contributed by atoms with Gasteiger partial charge in [-0.25, -0.2) is 0 Å². The summed E-state index contributed by atoms with van der Waals surface area (Å²) in [7, 11) is 0. The summed E-state index contributed by atoms with van der Waals surface area (Å²) >= 11 is 0. The Balaban J connectivity index is 0.00000196. The standard InChI is InChI=1S/C9H10N2O3.ClH/c1-6(12)8-4-7(5-10)2-3-9(8)11(13)14;/h2-4H,5,10H2,1H3;1H. The smallest absolute Gasteiger partial charge is 0.280 e. The first kappa shape index (κ1) is 13.5. The molecule has 0 aliphatic rings. The van der Waals surface area contributed by atoms with Crippen LogP contribution in [-0.4, -0.2) is 10.7 Å². The fraction of sp³-hybridized carbons (Fsp3) is 0.222. The van der Waals surface area contributed by atoms with Crippen molar-refractivity contribution in [1.29, 1.82) is 0 Å². The average molecular weight is 231 g/mol. The molecule has 0 atom stereocenters. The molecule has 0 spiro atoms. The molecule has 0 heterocycles. The van der Waals surface area contributed by atoms with Gasteiger partial charge in [0.25, 0.3) is 5.69 Å². The summed E-state index contributed by atoms with van der Waals surface area (Å²) in [5, 5.41) is 10.5. The molecule has 2 N–H and O–H groups in total. The Morgan fingerprint density at radius 3 is 2.53 bits per heavy atom. The summed E-state index contributed by atoms with van der Waals surface area (Å²) in [6.07, 6.45) is 0. The molecule has 0 aromatic heterocycles. The number of Topliss-reactive ketones (excluding diaryl/α,β-unsaturated/α-hetero) is 1. The lowest BCUT2D eigenvalue weighted by atomic mass is 10.1. The lowest BCUT2D eigenvalue weighted by molar-refractivity contribution is -0.385. The van der Waals surface area contributed by atoms with E-state index in [1.807, 2.05) is 0 Å². The van der Waals surface area contributed by atoms with Crippen LogP contribution in [0.3, 0.4) is 0 Å². The SMILES string of the molecule is CC(=O)c1cc(CN)ccc1[N+](=O)[O-].Cl. The maximum absolute atomic E-state index is 11.1. The molecule has 0 saturated carbocycles. The van der Waals surface area contributed by atoms with Crippen molar-refractivity contribution in [2.45, 2.75) is 13.5 Å². The van der Waals surface area contributed by atoms with Gasteiger partial charge in [-0.1, -0.05) is 6.07 Å². The molecule has 0 saturated heterocycles. The van der Waals surface area contributed by atoms with E-state index >= 15 is 0 Å². The van der Waals surface area contributed by atoms with E-state index in [0.29, 0.717) is 5.56 Å². The first-order valence-electron chi connectivity index (χ1n) is 4.04. The minimum absolute atomic E-state index is 0. The molecule has 15 heavy (non-hydrogen) atoms. The second-order valence-electron chi connectivity index (χ2n) is 2.87. The Hall–Kier alpha value is -1.46.